The minimum atomic E-state index is -0.0630. The minimum absolute atomic E-state index is 0.0630. The molecule has 5 heteroatoms. The third kappa shape index (κ3) is 3.70. The van der Waals surface area contributed by atoms with Gasteiger partial charge in [0.2, 0.25) is 0 Å². The summed E-state index contributed by atoms with van der Waals surface area (Å²) in [6.45, 7) is 7.04. The molecule has 1 aromatic rings. The molecule has 4 nitrogen and oxygen atoms in total. The molecular weight excluding hydrogens is 274 g/mol. The SMILES string of the molecule is CCc1cc(C(=O)NCC2CCCN2CC)cc(Cl)n1. The van der Waals surface area contributed by atoms with Gasteiger partial charge in [-0.2, -0.15) is 0 Å². The number of pyridine rings is 1. The zero-order valence-electron chi connectivity index (χ0n) is 12.2. The lowest BCUT2D eigenvalue weighted by molar-refractivity contribution is 0.0941. The van der Waals surface area contributed by atoms with Crippen molar-refractivity contribution in [1.82, 2.24) is 15.2 Å². The lowest BCUT2D eigenvalue weighted by atomic mass is 10.1. The summed E-state index contributed by atoms with van der Waals surface area (Å²) in [5, 5.41) is 3.40. The molecule has 1 aromatic heterocycles. The van der Waals surface area contributed by atoms with E-state index in [0.717, 1.165) is 31.6 Å². The van der Waals surface area contributed by atoms with Crippen LogP contribution in [0.4, 0.5) is 0 Å². The summed E-state index contributed by atoms with van der Waals surface area (Å²) in [5.41, 5.74) is 1.45. The van der Waals surface area contributed by atoms with Crippen LogP contribution in [0.5, 0.6) is 0 Å². The predicted molar refractivity (Wildman–Crippen MR) is 81.2 cm³/mol. The van der Waals surface area contributed by atoms with Crippen LogP contribution >= 0.6 is 11.6 Å². The number of halogens is 1. The molecule has 0 radical (unpaired) electrons. The van der Waals surface area contributed by atoms with E-state index in [1.54, 1.807) is 6.07 Å². The Morgan fingerprint density at radius 3 is 3.00 bits per heavy atom. The van der Waals surface area contributed by atoms with Crippen LogP contribution in [-0.4, -0.2) is 41.5 Å². The number of hydrogen-bond donors (Lipinski definition) is 1. The maximum absolute atomic E-state index is 12.2. The first-order valence-electron chi connectivity index (χ1n) is 7.32. The third-order valence-corrected chi connectivity index (χ3v) is 4.07. The fourth-order valence-electron chi connectivity index (χ4n) is 2.72. The molecule has 1 amide bonds. The van der Waals surface area contributed by atoms with Gasteiger partial charge in [0.25, 0.3) is 5.91 Å². The van der Waals surface area contributed by atoms with Gasteiger partial charge in [0.1, 0.15) is 5.15 Å². The molecule has 2 heterocycles. The van der Waals surface area contributed by atoms with Crippen LogP contribution in [0, 0.1) is 0 Å². The van der Waals surface area contributed by atoms with Crippen LogP contribution in [0.25, 0.3) is 0 Å². The Hall–Kier alpha value is -1.13. The highest BCUT2D eigenvalue weighted by Crippen LogP contribution is 2.16. The second-order valence-electron chi connectivity index (χ2n) is 5.16. The molecule has 1 saturated heterocycles. The highest BCUT2D eigenvalue weighted by molar-refractivity contribution is 6.29. The van der Waals surface area contributed by atoms with Gasteiger partial charge in [-0.25, -0.2) is 4.98 Å². The van der Waals surface area contributed by atoms with Crippen molar-refractivity contribution in [1.29, 1.82) is 0 Å². The van der Waals surface area contributed by atoms with Gasteiger partial charge in [-0.15, -0.1) is 0 Å². The number of nitrogens with zero attached hydrogens (tertiary/aromatic N) is 2. The molecule has 20 heavy (non-hydrogen) atoms. The molecule has 1 N–H and O–H groups in total. The maximum atomic E-state index is 12.2. The largest absolute Gasteiger partial charge is 0.350 e. The van der Waals surface area contributed by atoms with Gasteiger partial charge in [0.05, 0.1) is 0 Å². The third-order valence-electron chi connectivity index (χ3n) is 3.88. The van der Waals surface area contributed by atoms with E-state index in [2.05, 4.69) is 22.1 Å². The van der Waals surface area contributed by atoms with Crippen LogP contribution in [0.2, 0.25) is 5.15 Å². The summed E-state index contributed by atoms with van der Waals surface area (Å²) < 4.78 is 0. The molecule has 1 atom stereocenters. The molecule has 0 saturated carbocycles. The Labute approximate surface area is 125 Å². The number of aromatic nitrogens is 1. The van der Waals surface area contributed by atoms with Gasteiger partial charge >= 0.3 is 0 Å². The molecule has 1 unspecified atom stereocenters. The Morgan fingerprint density at radius 1 is 1.50 bits per heavy atom. The molecule has 1 fully saturated rings. The summed E-state index contributed by atoms with van der Waals surface area (Å²) in [7, 11) is 0. The van der Waals surface area contributed by atoms with E-state index in [-0.39, 0.29) is 5.91 Å². The van der Waals surface area contributed by atoms with Crippen LogP contribution < -0.4 is 5.32 Å². The Balaban J connectivity index is 1.96. The predicted octanol–water partition coefficient (Wildman–Crippen LogP) is 2.51. The molecule has 0 bridgehead atoms. The van der Waals surface area contributed by atoms with E-state index in [1.807, 2.05) is 13.0 Å². The summed E-state index contributed by atoms with van der Waals surface area (Å²) >= 11 is 5.95. The normalized spacial score (nSPS) is 19.2. The number of carbonyl (C=O) groups excluding carboxylic acids is 1. The maximum Gasteiger partial charge on any atom is 0.251 e. The van der Waals surface area contributed by atoms with E-state index in [4.69, 9.17) is 11.6 Å². The smallest absolute Gasteiger partial charge is 0.251 e. The van der Waals surface area contributed by atoms with Crippen molar-refractivity contribution < 1.29 is 4.79 Å². The number of hydrogen-bond acceptors (Lipinski definition) is 3. The molecule has 1 aliphatic rings. The van der Waals surface area contributed by atoms with Crippen LogP contribution in [0.15, 0.2) is 12.1 Å². The lowest BCUT2D eigenvalue weighted by Crippen LogP contribution is -2.40. The van der Waals surface area contributed by atoms with E-state index in [9.17, 15) is 4.79 Å². The lowest BCUT2D eigenvalue weighted by Gasteiger charge is -2.22. The average Bonchev–Trinajstić information content (AvgIpc) is 2.91. The van der Waals surface area contributed by atoms with Crippen molar-refractivity contribution in [3.8, 4) is 0 Å². The van der Waals surface area contributed by atoms with Gasteiger partial charge < -0.3 is 5.32 Å². The summed E-state index contributed by atoms with van der Waals surface area (Å²) in [6.07, 6.45) is 3.15. The number of likely N-dealkylation sites (tertiary alicyclic amines) is 1. The van der Waals surface area contributed by atoms with Crippen LogP contribution in [0.1, 0.15) is 42.7 Å². The standard InChI is InChI=1S/C15H22ClN3O/c1-3-12-8-11(9-14(16)18-12)15(20)17-10-13-6-5-7-19(13)4-2/h8-9,13H,3-7,10H2,1-2H3,(H,17,20). The Kier molecular flexibility index (Phi) is 5.38. The van der Waals surface area contributed by atoms with E-state index in [0.29, 0.717) is 23.3 Å². The number of amides is 1. The summed E-state index contributed by atoms with van der Waals surface area (Å²) in [4.78, 5) is 18.8. The fraction of sp³-hybridized carbons (Fsp3) is 0.600. The second kappa shape index (κ2) is 7.04. The first kappa shape index (κ1) is 15.3. The molecule has 0 spiro atoms. The van der Waals surface area contributed by atoms with E-state index in [1.165, 1.54) is 6.42 Å². The number of nitrogens with one attached hydrogen (secondary N) is 1. The minimum Gasteiger partial charge on any atom is -0.350 e. The van der Waals surface area contributed by atoms with Gasteiger partial charge in [-0.3, -0.25) is 9.69 Å². The summed E-state index contributed by atoms with van der Waals surface area (Å²) in [5.74, 6) is -0.0630. The summed E-state index contributed by atoms with van der Waals surface area (Å²) in [6, 6.07) is 3.90. The number of likely N-dealkylation sites (N-methyl/N-ethyl adjacent to an activating group) is 1. The number of aryl methyl sites for hydroxylation is 1. The second-order valence-corrected chi connectivity index (χ2v) is 5.55. The molecule has 1 aliphatic heterocycles. The van der Waals surface area contributed by atoms with Gasteiger partial charge in [-0.05, 0) is 44.5 Å². The molecule has 110 valence electrons. The Morgan fingerprint density at radius 2 is 2.30 bits per heavy atom. The zero-order chi connectivity index (χ0) is 14.5. The van der Waals surface area contributed by atoms with E-state index >= 15 is 0 Å². The highest BCUT2D eigenvalue weighted by Gasteiger charge is 2.23. The van der Waals surface area contributed by atoms with Crippen molar-refractivity contribution in [2.75, 3.05) is 19.6 Å². The fourth-order valence-corrected chi connectivity index (χ4v) is 2.94. The molecule has 0 aromatic carbocycles. The van der Waals surface area contributed by atoms with E-state index < -0.39 is 0 Å². The quantitative estimate of drug-likeness (QED) is 0.849. The van der Waals surface area contributed by atoms with Crippen molar-refractivity contribution in [2.45, 2.75) is 39.2 Å². The highest BCUT2D eigenvalue weighted by atomic mass is 35.5. The topological polar surface area (TPSA) is 45.2 Å². The van der Waals surface area contributed by atoms with Gasteiger partial charge in [0, 0.05) is 23.8 Å². The van der Waals surface area contributed by atoms with Crippen molar-refractivity contribution in [3.63, 3.8) is 0 Å². The molecule has 0 aliphatic carbocycles. The Bertz CT molecular complexity index is 478. The van der Waals surface area contributed by atoms with Crippen molar-refractivity contribution in [3.05, 3.63) is 28.5 Å². The van der Waals surface area contributed by atoms with Crippen molar-refractivity contribution >= 4 is 17.5 Å². The molecular formula is C15H22ClN3O. The average molecular weight is 296 g/mol. The zero-order valence-corrected chi connectivity index (χ0v) is 12.9. The van der Waals surface area contributed by atoms with Crippen LogP contribution in [0.3, 0.4) is 0 Å². The van der Waals surface area contributed by atoms with Gasteiger partial charge in [0.15, 0.2) is 0 Å². The monoisotopic (exact) mass is 295 g/mol. The number of carbonyl (C=O) groups is 1. The van der Waals surface area contributed by atoms with Crippen molar-refractivity contribution in [2.24, 2.45) is 0 Å². The van der Waals surface area contributed by atoms with Gasteiger partial charge in [-0.1, -0.05) is 25.4 Å². The first-order chi connectivity index (χ1) is 9.63. The first-order valence-corrected chi connectivity index (χ1v) is 7.70. The molecule has 2 rings (SSSR count). The van der Waals surface area contributed by atoms with Crippen LogP contribution in [-0.2, 0) is 6.42 Å². The number of rotatable bonds is 5.